The van der Waals surface area contributed by atoms with Crippen LogP contribution >= 0.6 is 11.6 Å². The summed E-state index contributed by atoms with van der Waals surface area (Å²) in [7, 11) is 1.78. The Morgan fingerprint density at radius 2 is 1.88 bits per heavy atom. The predicted octanol–water partition coefficient (Wildman–Crippen LogP) is 3.84. The van der Waals surface area contributed by atoms with Crippen LogP contribution in [0.15, 0.2) is 23.8 Å². The molecule has 0 saturated heterocycles. The molecule has 4 rings (SSSR count). The van der Waals surface area contributed by atoms with Crippen LogP contribution in [0.3, 0.4) is 0 Å². The van der Waals surface area contributed by atoms with Gasteiger partial charge in [-0.2, -0.15) is 0 Å². The van der Waals surface area contributed by atoms with Crippen molar-refractivity contribution in [1.29, 1.82) is 0 Å². The molecule has 2 aliphatic heterocycles. The lowest BCUT2D eigenvalue weighted by Gasteiger charge is -2.40. The second-order valence-electron chi connectivity index (χ2n) is 9.33. The zero-order valence-electron chi connectivity index (χ0n) is 19.2. The number of rotatable bonds is 5. The lowest BCUT2D eigenvalue weighted by atomic mass is 9.77. The number of hydrogen-bond donors (Lipinski definition) is 1. The average Bonchev–Trinajstić information content (AvgIpc) is 2.80. The monoisotopic (exact) mass is 474 g/mol. The van der Waals surface area contributed by atoms with E-state index in [9.17, 15) is 19.5 Å². The minimum atomic E-state index is -0.883. The molecule has 0 bridgehead atoms. The fraction of sp³-hybridized carbons (Fsp3) is 0.560. The molecule has 2 amide bonds. The molecule has 7 nitrogen and oxygen atoms in total. The number of halogens is 1. The number of hydrogen-bond acceptors (Lipinski definition) is 4. The van der Waals surface area contributed by atoms with Crippen LogP contribution in [0.2, 0.25) is 5.02 Å². The largest absolute Gasteiger partial charge is 0.489 e. The van der Waals surface area contributed by atoms with Gasteiger partial charge in [-0.05, 0) is 55.9 Å². The number of carbonyl (C=O) groups excluding carboxylic acids is 2. The summed E-state index contributed by atoms with van der Waals surface area (Å²) in [5.41, 5.74) is 2.78. The summed E-state index contributed by atoms with van der Waals surface area (Å²) < 4.78 is 6.16. The molecule has 1 saturated carbocycles. The summed E-state index contributed by atoms with van der Waals surface area (Å²) in [6.45, 7) is 3.43. The fourth-order valence-electron chi connectivity index (χ4n) is 5.34. The molecule has 0 spiro atoms. The first kappa shape index (κ1) is 23.6. The molecule has 178 valence electrons. The van der Waals surface area contributed by atoms with Gasteiger partial charge in [0, 0.05) is 36.8 Å². The van der Waals surface area contributed by atoms with Crippen molar-refractivity contribution in [3.63, 3.8) is 0 Å². The van der Waals surface area contributed by atoms with Gasteiger partial charge in [0.05, 0.1) is 17.9 Å². The van der Waals surface area contributed by atoms with Gasteiger partial charge in [-0.1, -0.05) is 24.4 Å². The van der Waals surface area contributed by atoms with Gasteiger partial charge in [-0.25, -0.2) is 0 Å². The van der Waals surface area contributed by atoms with Gasteiger partial charge in [-0.3, -0.25) is 14.4 Å². The third-order valence-electron chi connectivity index (χ3n) is 7.32. The van der Waals surface area contributed by atoms with E-state index in [0.29, 0.717) is 49.7 Å². The molecule has 3 atom stereocenters. The van der Waals surface area contributed by atoms with E-state index in [0.717, 1.165) is 36.0 Å². The van der Waals surface area contributed by atoms with Crippen LogP contribution in [0.25, 0.3) is 0 Å². The lowest BCUT2D eigenvalue weighted by molar-refractivity contribution is -0.153. The van der Waals surface area contributed by atoms with Crippen molar-refractivity contribution in [2.24, 2.45) is 11.8 Å². The van der Waals surface area contributed by atoms with E-state index in [4.69, 9.17) is 16.3 Å². The molecule has 3 aliphatic rings. The van der Waals surface area contributed by atoms with Crippen LogP contribution in [-0.4, -0.2) is 59.4 Å². The van der Waals surface area contributed by atoms with Crippen LogP contribution in [0.1, 0.15) is 56.2 Å². The van der Waals surface area contributed by atoms with E-state index >= 15 is 0 Å². The highest BCUT2D eigenvalue weighted by molar-refractivity contribution is 6.31. The number of nitrogens with zero attached hydrogens (tertiary/aromatic N) is 2. The van der Waals surface area contributed by atoms with Gasteiger partial charge in [0.25, 0.3) is 0 Å². The molecular formula is C25H31ClN2O5. The second kappa shape index (κ2) is 9.75. The molecule has 1 fully saturated rings. The molecule has 1 aliphatic carbocycles. The summed E-state index contributed by atoms with van der Waals surface area (Å²) in [4.78, 5) is 40.7. The molecule has 8 heteroatoms. The van der Waals surface area contributed by atoms with Gasteiger partial charge in [-0.15, -0.1) is 0 Å². The molecule has 1 N–H and O–H groups in total. The van der Waals surface area contributed by atoms with Crippen LogP contribution < -0.4 is 4.74 Å². The number of aliphatic carboxylic acids is 1. The summed E-state index contributed by atoms with van der Waals surface area (Å²) in [6.07, 6.45) is 5.87. The molecule has 1 aromatic carbocycles. The number of ether oxygens (including phenoxy) is 1. The first-order valence-electron chi connectivity index (χ1n) is 11.7. The van der Waals surface area contributed by atoms with Crippen molar-refractivity contribution in [2.45, 2.75) is 51.5 Å². The fourth-order valence-corrected chi connectivity index (χ4v) is 5.59. The maximum Gasteiger partial charge on any atom is 0.307 e. The van der Waals surface area contributed by atoms with E-state index in [1.54, 1.807) is 22.9 Å². The first-order chi connectivity index (χ1) is 15.8. The van der Waals surface area contributed by atoms with Gasteiger partial charge < -0.3 is 19.6 Å². The number of carboxylic acid groups (broad SMARTS) is 1. The number of fused-ring (bicyclic) bond motifs is 1. The summed E-state index contributed by atoms with van der Waals surface area (Å²) in [5, 5.41) is 10.3. The van der Waals surface area contributed by atoms with Crippen molar-refractivity contribution < 1.29 is 24.2 Å². The quantitative estimate of drug-likeness (QED) is 0.700. The van der Waals surface area contributed by atoms with Crippen molar-refractivity contribution in [3.8, 4) is 5.75 Å². The molecule has 0 aromatic heterocycles. The summed E-state index contributed by atoms with van der Waals surface area (Å²) in [6, 6.07) is 3.36. The molecule has 0 radical (unpaired) electrons. The minimum Gasteiger partial charge on any atom is -0.489 e. The van der Waals surface area contributed by atoms with Crippen molar-refractivity contribution in [2.75, 3.05) is 26.7 Å². The zero-order chi connectivity index (χ0) is 23.7. The highest BCUT2D eigenvalue weighted by atomic mass is 35.5. The van der Waals surface area contributed by atoms with Gasteiger partial charge in [0.15, 0.2) is 0 Å². The Hall–Kier alpha value is -2.54. The molecule has 33 heavy (non-hydrogen) atoms. The van der Waals surface area contributed by atoms with E-state index in [1.165, 1.54) is 0 Å². The van der Waals surface area contributed by atoms with Crippen molar-refractivity contribution in [3.05, 3.63) is 39.9 Å². The molecule has 2 heterocycles. The Labute approximate surface area is 199 Å². The number of carboxylic acids is 1. The van der Waals surface area contributed by atoms with E-state index in [2.05, 4.69) is 0 Å². The lowest BCUT2D eigenvalue weighted by Crippen LogP contribution is -2.46. The maximum absolute atomic E-state index is 13.5. The number of likely N-dealkylation sites (N-methyl/N-ethyl adjacent to an activating group) is 1. The van der Waals surface area contributed by atoms with Gasteiger partial charge >= 0.3 is 5.97 Å². The third kappa shape index (κ3) is 4.74. The smallest absolute Gasteiger partial charge is 0.307 e. The Kier molecular flexibility index (Phi) is 6.98. The third-order valence-corrected chi connectivity index (χ3v) is 7.67. The SMILES string of the molecule is CC1c2c(OCC3=CC(=O)N(C)CC3)ccc(Cl)c2CCN1C(=O)C1CCCCC1C(=O)O. The Morgan fingerprint density at radius 1 is 1.15 bits per heavy atom. The highest BCUT2D eigenvalue weighted by Crippen LogP contribution is 2.42. The van der Waals surface area contributed by atoms with Crippen LogP contribution in [0.5, 0.6) is 5.75 Å². The van der Waals surface area contributed by atoms with Gasteiger partial charge in [0.2, 0.25) is 11.8 Å². The second-order valence-corrected chi connectivity index (χ2v) is 9.74. The number of carbonyl (C=O) groups is 3. The van der Waals surface area contributed by atoms with Crippen LogP contribution in [0.4, 0.5) is 0 Å². The van der Waals surface area contributed by atoms with Crippen molar-refractivity contribution in [1.82, 2.24) is 9.80 Å². The van der Waals surface area contributed by atoms with E-state index in [-0.39, 0.29) is 17.9 Å². The highest BCUT2D eigenvalue weighted by Gasteiger charge is 2.41. The minimum absolute atomic E-state index is 0.0245. The summed E-state index contributed by atoms with van der Waals surface area (Å²) >= 11 is 6.51. The van der Waals surface area contributed by atoms with E-state index < -0.39 is 17.8 Å². The van der Waals surface area contributed by atoms with E-state index in [1.807, 2.05) is 19.1 Å². The standard InChI is InChI=1S/C25H31ClN2O5/c1-15-23-19(10-12-28(15)24(30)17-5-3-4-6-18(17)25(31)32)20(26)7-8-21(23)33-14-16-9-11-27(2)22(29)13-16/h7-8,13,15,17-18H,3-6,9-12,14H2,1-2H3,(H,31,32). The van der Waals surface area contributed by atoms with Crippen molar-refractivity contribution >= 4 is 29.4 Å². The first-order valence-corrected chi connectivity index (χ1v) is 12.1. The topological polar surface area (TPSA) is 87.2 Å². The summed E-state index contributed by atoms with van der Waals surface area (Å²) in [5.74, 6) is -1.45. The number of amides is 2. The Bertz CT molecular complexity index is 991. The Morgan fingerprint density at radius 3 is 2.58 bits per heavy atom. The van der Waals surface area contributed by atoms with Crippen LogP contribution in [-0.2, 0) is 20.8 Å². The molecule has 1 aromatic rings. The molecular weight excluding hydrogens is 444 g/mol. The van der Waals surface area contributed by atoms with Crippen LogP contribution in [0, 0.1) is 11.8 Å². The molecule has 3 unspecified atom stereocenters. The number of benzene rings is 1. The van der Waals surface area contributed by atoms with Gasteiger partial charge in [0.1, 0.15) is 12.4 Å². The average molecular weight is 475 g/mol. The maximum atomic E-state index is 13.5. The Balaban J connectivity index is 1.56. The zero-order valence-corrected chi connectivity index (χ0v) is 19.9. The predicted molar refractivity (Wildman–Crippen MR) is 124 cm³/mol. The normalized spacial score (nSPS) is 25.4.